The first-order valence-electron chi connectivity index (χ1n) is 6.80. The number of aromatic nitrogens is 2. The summed E-state index contributed by atoms with van der Waals surface area (Å²) < 4.78 is 7.07. The molecule has 1 heterocycles. The van der Waals surface area contributed by atoms with Crippen LogP contribution in [-0.4, -0.2) is 41.5 Å². The van der Waals surface area contributed by atoms with Gasteiger partial charge in [-0.1, -0.05) is 0 Å². The Morgan fingerprint density at radius 3 is 2.65 bits per heavy atom. The van der Waals surface area contributed by atoms with Crippen LogP contribution in [0.25, 0.3) is 0 Å². The third-order valence-electron chi connectivity index (χ3n) is 3.35. The molecular weight excluding hydrogens is 256 g/mol. The Morgan fingerprint density at radius 2 is 2.20 bits per heavy atom. The third-order valence-corrected chi connectivity index (χ3v) is 3.35. The SMILES string of the molecule is CNC(C(=O)NC(C)CC(C)(C)OC)c1cnn(C)c1. The standard InChI is InChI=1S/C14H26N4O2/c1-10(7-14(2,3)20-6)17-13(19)12(15-4)11-8-16-18(5)9-11/h8-10,12,15H,7H2,1-6H3,(H,17,19). The minimum absolute atomic E-state index is 0.0324. The van der Waals surface area contributed by atoms with Crippen LogP contribution in [0, 0.1) is 0 Å². The van der Waals surface area contributed by atoms with Gasteiger partial charge in [-0.05, 0) is 34.2 Å². The summed E-state index contributed by atoms with van der Waals surface area (Å²) in [6.45, 7) is 5.99. The first-order chi connectivity index (χ1) is 9.29. The molecule has 0 aliphatic rings. The van der Waals surface area contributed by atoms with Crippen molar-refractivity contribution in [3.8, 4) is 0 Å². The van der Waals surface area contributed by atoms with Crippen molar-refractivity contribution in [2.45, 2.75) is 44.9 Å². The molecule has 1 aromatic rings. The predicted molar refractivity (Wildman–Crippen MR) is 78.3 cm³/mol. The summed E-state index contributed by atoms with van der Waals surface area (Å²) in [5.74, 6) is -0.0556. The van der Waals surface area contributed by atoms with E-state index < -0.39 is 6.04 Å². The molecule has 114 valence electrons. The van der Waals surface area contributed by atoms with E-state index in [1.807, 2.05) is 34.0 Å². The van der Waals surface area contributed by atoms with Crippen LogP contribution >= 0.6 is 0 Å². The number of carbonyl (C=O) groups is 1. The first kappa shape index (κ1) is 16.7. The van der Waals surface area contributed by atoms with Gasteiger partial charge < -0.3 is 15.4 Å². The summed E-state index contributed by atoms with van der Waals surface area (Å²) in [4.78, 5) is 12.3. The Balaban J connectivity index is 2.64. The lowest BCUT2D eigenvalue weighted by Gasteiger charge is -2.28. The topological polar surface area (TPSA) is 68.2 Å². The van der Waals surface area contributed by atoms with Gasteiger partial charge in [0.1, 0.15) is 6.04 Å². The van der Waals surface area contributed by atoms with Crippen molar-refractivity contribution in [3.05, 3.63) is 18.0 Å². The van der Waals surface area contributed by atoms with Crippen LogP contribution in [-0.2, 0) is 16.6 Å². The van der Waals surface area contributed by atoms with Crippen molar-refractivity contribution in [2.24, 2.45) is 7.05 Å². The molecule has 2 unspecified atom stereocenters. The molecule has 2 atom stereocenters. The van der Waals surface area contributed by atoms with E-state index >= 15 is 0 Å². The zero-order valence-electron chi connectivity index (χ0n) is 13.2. The van der Waals surface area contributed by atoms with Gasteiger partial charge in [-0.15, -0.1) is 0 Å². The molecular formula is C14H26N4O2. The van der Waals surface area contributed by atoms with Crippen molar-refractivity contribution in [1.82, 2.24) is 20.4 Å². The van der Waals surface area contributed by atoms with Crippen LogP contribution in [0.4, 0.5) is 0 Å². The molecule has 0 aliphatic heterocycles. The molecule has 20 heavy (non-hydrogen) atoms. The Kier molecular flexibility index (Phi) is 5.71. The number of amides is 1. The number of ether oxygens (including phenoxy) is 1. The second kappa shape index (κ2) is 6.85. The minimum Gasteiger partial charge on any atom is -0.379 e. The average Bonchev–Trinajstić information content (AvgIpc) is 2.75. The quantitative estimate of drug-likeness (QED) is 0.783. The van der Waals surface area contributed by atoms with Gasteiger partial charge in [0.05, 0.1) is 11.8 Å². The van der Waals surface area contributed by atoms with Gasteiger partial charge in [-0.3, -0.25) is 9.48 Å². The van der Waals surface area contributed by atoms with Crippen LogP contribution in [0.3, 0.4) is 0 Å². The highest BCUT2D eigenvalue weighted by atomic mass is 16.5. The number of nitrogens with one attached hydrogen (secondary N) is 2. The van der Waals surface area contributed by atoms with Crippen LogP contribution < -0.4 is 10.6 Å². The fourth-order valence-corrected chi connectivity index (χ4v) is 2.24. The van der Waals surface area contributed by atoms with Crippen molar-refractivity contribution in [1.29, 1.82) is 0 Å². The predicted octanol–water partition coefficient (Wildman–Crippen LogP) is 1.00. The Bertz CT molecular complexity index is 442. The van der Waals surface area contributed by atoms with Crippen molar-refractivity contribution in [2.75, 3.05) is 14.2 Å². The fraction of sp³-hybridized carbons (Fsp3) is 0.714. The number of nitrogens with zero attached hydrogens (tertiary/aromatic N) is 2. The van der Waals surface area contributed by atoms with E-state index in [-0.39, 0.29) is 17.6 Å². The van der Waals surface area contributed by atoms with E-state index in [1.165, 1.54) is 0 Å². The lowest BCUT2D eigenvalue weighted by atomic mass is 9.99. The number of aryl methyl sites for hydroxylation is 1. The lowest BCUT2D eigenvalue weighted by molar-refractivity contribution is -0.124. The second-order valence-electron chi connectivity index (χ2n) is 5.75. The van der Waals surface area contributed by atoms with Gasteiger partial charge in [-0.2, -0.15) is 5.10 Å². The minimum atomic E-state index is -0.392. The third kappa shape index (κ3) is 4.61. The Morgan fingerprint density at radius 1 is 1.55 bits per heavy atom. The molecule has 1 rings (SSSR count). The molecule has 0 radical (unpaired) electrons. The summed E-state index contributed by atoms with van der Waals surface area (Å²) in [7, 11) is 5.28. The molecule has 1 amide bonds. The fourth-order valence-electron chi connectivity index (χ4n) is 2.24. The molecule has 1 aromatic heterocycles. The highest BCUT2D eigenvalue weighted by Crippen LogP contribution is 2.17. The van der Waals surface area contributed by atoms with E-state index in [2.05, 4.69) is 15.7 Å². The molecule has 0 aromatic carbocycles. The van der Waals surface area contributed by atoms with E-state index in [1.54, 1.807) is 25.0 Å². The van der Waals surface area contributed by atoms with E-state index in [0.29, 0.717) is 0 Å². The molecule has 6 heteroatoms. The normalized spacial score (nSPS) is 14.9. The van der Waals surface area contributed by atoms with Crippen molar-refractivity contribution < 1.29 is 9.53 Å². The van der Waals surface area contributed by atoms with Crippen molar-refractivity contribution in [3.63, 3.8) is 0 Å². The van der Waals surface area contributed by atoms with E-state index in [0.717, 1.165) is 12.0 Å². The number of hydrogen-bond donors (Lipinski definition) is 2. The van der Waals surface area contributed by atoms with Gasteiger partial charge in [0.25, 0.3) is 0 Å². The molecule has 0 saturated carbocycles. The van der Waals surface area contributed by atoms with E-state index in [4.69, 9.17) is 4.74 Å². The summed E-state index contributed by atoms with van der Waals surface area (Å²) in [5.41, 5.74) is 0.599. The Labute approximate surface area is 120 Å². The molecule has 6 nitrogen and oxygen atoms in total. The van der Waals surface area contributed by atoms with Gasteiger partial charge >= 0.3 is 0 Å². The summed E-state index contributed by atoms with van der Waals surface area (Å²) in [5, 5.41) is 10.1. The summed E-state index contributed by atoms with van der Waals surface area (Å²) in [6.07, 6.45) is 4.29. The van der Waals surface area contributed by atoms with Gasteiger partial charge in [-0.25, -0.2) is 0 Å². The van der Waals surface area contributed by atoms with Crippen LogP contribution in [0.2, 0.25) is 0 Å². The van der Waals surface area contributed by atoms with Crippen LogP contribution in [0.1, 0.15) is 38.8 Å². The summed E-state index contributed by atoms with van der Waals surface area (Å²) in [6, 6.07) is -0.359. The summed E-state index contributed by atoms with van der Waals surface area (Å²) >= 11 is 0. The van der Waals surface area contributed by atoms with Crippen LogP contribution in [0.15, 0.2) is 12.4 Å². The number of carbonyl (C=O) groups excluding carboxylic acids is 1. The van der Waals surface area contributed by atoms with Gasteiger partial charge in [0.2, 0.25) is 5.91 Å². The lowest BCUT2D eigenvalue weighted by Crippen LogP contribution is -2.43. The monoisotopic (exact) mass is 282 g/mol. The zero-order valence-corrected chi connectivity index (χ0v) is 13.2. The number of hydrogen-bond acceptors (Lipinski definition) is 4. The molecule has 0 saturated heterocycles. The number of likely N-dealkylation sites (N-methyl/N-ethyl adjacent to an activating group) is 1. The molecule has 0 bridgehead atoms. The highest BCUT2D eigenvalue weighted by molar-refractivity contribution is 5.83. The Hall–Kier alpha value is -1.40. The maximum atomic E-state index is 12.3. The maximum Gasteiger partial charge on any atom is 0.242 e. The second-order valence-corrected chi connectivity index (χ2v) is 5.75. The smallest absolute Gasteiger partial charge is 0.242 e. The largest absolute Gasteiger partial charge is 0.379 e. The van der Waals surface area contributed by atoms with E-state index in [9.17, 15) is 4.79 Å². The molecule has 0 aliphatic carbocycles. The molecule has 2 N–H and O–H groups in total. The van der Waals surface area contributed by atoms with Gasteiger partial charge in [0.15, 0.2) is 0 Å². The maximum absolute atomic E-state index is 12.3. The number of methoxy groups -OCH3 is 1. The highest BCUT2D eigenvalue weighted by Gasteiger charge is 2.25. The number of rotatable bonds is 7. The molecule has 0 spiro atoms. The molecule has 0 fully saturated rings. The first-order valence-corrected chi connectivity index (χ1v) is 6.80. The van der Waals surface area contributed by atoms with Crippen LogP contribution in [0.5, 0.6) is 0 Å². The zero-order chi connectivity index (χ0) is 15.3. The average molecular weight is 282 g/mol. The van der Waals surface area contributed by atoms with Gasteiger partial charge in [0, 0.05) is 32.0 Å². The van der Waals surface area contributed by atoms with Crippen molar-refractivity contribution >= 4 is 5.91 Å².